The van der Waals surface area contributed by atoms with E-state index in [9.17, 15) is 0 Å². The van der Waals surface area contributed by atoms with E-state index >= 15 is 0 Å². The standard InChI is InChI=1S/C14H25NP2/c1-12-14(15-17-16-12)13-10-8-6-4-2-3-5-7-9-11-13/h13,17H,2-11H2,1H3. The van der Waals surface area contributed by atoms with Crippen molar-refractivity contribution in [2.75, 3.05) is 0 Å². The van der Waals surface area contributed by atoms with Crippen LogP contribution in [0, 0.1) is 6.92 Å². The summed E-state index contributed by atoms with van der Waals surface area (Å²) in [6.07, 6.45) is 14.4. The van der Waals surface area contributed by atoms with Gasteiger partial charge in [-0.25, -0.2) is 4.75 Å². The molecule has 1 nitrogen and oxygen atoms in total. The molecule has 0 spiro atoms. The zero-order valence-electron chi connectivity index (χ0n) is 11.0. The SMILES string of the molecule is Cc1p[pH]nc1C1CCCCCCCCCC1. The van der Waals surface area contributed by atoms with E-state index in [1.54, 1.807) is 5.30 Å². The number of hydrogen-bond donors (Lipinski definition) is 0. The fourth-order valence-corrected chi connectivity index (χ4v) is 5.30. The third kappa shape index (κ3) is 4.38. The quantitative estimate of drug-likeness (QED) is 0.609. The van der Waals surface area contributed by atoms with E-state index in [2.05, 4.69) is 6.92 Å². The van der Waals surface area contributed by atoms with Gasteiger partial charge in [-0.15, -0.1) is 0 Å². The Kier molecular flexibility index (Phi) is 6.02. The number of rotatable bonds is 1. The second-order valence-electron chi connectivity index (χ2n) is 5.40. The molecule has 0 aliphatic heterocycles. The Morgan fingerprint density at radius 1 is 0.941 bits per heavy atom. The molecule has 0 N–H and O–H groups in total. The van der Waals surface area contributed by atoms with Crippen molar-refractivity contribution in [3.05, 3.63) is 11.0 Å². The van der Waals surface area contributed by atoms with Gasteiger partial charge in [-0.2, -0.15) is 0 Å². The number of hydrogen-bond acceptors (Lipinski definition) is 1. The summed E-state index contributed by atoms with van der Waals surface area (Å²) >= 11 is 0. The molecule has 1 heterocycles. The van der Waals surface area contributed by atoms with Crippen LogP contribution in [0.5, 0.6) is 0 Å². The summed E-state index contributed by atoms with van der Waals surface area (Å²) in [6, 6.07) is 0. The maximum absolute atomic E-state index is 4.79. The van der Waals surface area contributed by atoms with Crippen molar-refractivity contribution in [1.29, 1.82) is 0 Å². The van der Waals surface area contributed by atoms with Crippen LogP contribution < -0.4 is 0 Å². The molecule has 2 rings (SSSR count). The van der Waals surface area contributed by atoms with E-state index in [-0.39, 0.29) is 0 Å². The van der Waals surface area contributed by atoms with Gasteiger partial charge in [-0.1, -0.05) is 51.4 Å². The van der Waals surface area contributed by atoms with Crippen LogP contribution in [0.2, 0.25) is 0 Å². The van der Waals surface area contributed by atoms with Crippen molar-refractivity contribution in [2.24, 2.45) is 0 Å². The van der Waals surface area contributed by atoms with E-state index in [0.29, 0.717) is 0 Å². The van der Waals surface area contributed by atoms with Gasteiger partial charge in [0.15, 0.2) is 0 Å². The number of nitrogens with zero attached hydrogens (tertiary/aromatic N) is 1. The van der Waals surface area contributed by atoms with Crippen LogP contribution in [0.3, 0.4) is 0 Å². The highest BCUT2D eigenvalue weighted by molar-refractivity contribution is 7.89. The molecule has 1 saturated carbocycles. The van der Waals surface area contributed by atoms with Crippen molar-refractivity contribution in [3.8, 4) is 0 Å². The first-order chi connectivity index (χ1) is 8.38. The van der Waals surface area contributed by atoms with Crippen LogP contribution in [-0.2, 0) is 0 Å². The van der Waals surface area contributed by atoms with Crippen molar-refractivity contribution >= 4 is 15.9 Å². The summed E-state index contributed by atoms with van der Waals surface area (Å²) in [6.45, 7) is 2.30. The molecule has 0 saturated heterocycles. The topological polar surface area (TPSA) is 12.9 Å². The van der Waals surface area contributed by atoms with Crippen molar-refractivity contribution in [2.45, 2.75) is 77.0 Å². The van der Waals surface area contributed by atoms with Gasteiger partial charge in [0, 0.05) is 11.2 Å². The van der Waals surface area contributed by atoms with Gasteiger partial charge in [-0.3, -0.25) is 0 Å². The lowest BCUT2D eigenvalue weighted by Crippen LogP contribution is -2.01. The summed E-state index contributed by atoms with van der Waals surface area (Å²) in [5, 5.41) is 1.57. The van der Waals surface area contributed by atoms with E-state index in [4.69, 9.17) is 4.75 Å². The van der Waals surface area contributed by atoms with Crippen LogP contribution in [-0.4, -0.2) is 4.75 Å². The predicted molar refractivity (Wildman–Crippen MR) is 79.9 cm³/mol. The largest absolute Gasteiger partial charge is 0.240 e. The molecule has 96 valence electrons. The van der Waals surface area contributed by atoms with Gasteiger partial charge in [0.2, 0.25) is 0 Å². The monoisotopic (exact) mass is 269 g/mol. The Morgan fingerprint density at radius 2 is 1.47 bits per heavy atom. The summed E-state index contributed by atoms with van der Waals surface area (Å²) in [7, 11) is 2.30. The molecular weight excluding hydrogens is 244 g/mol. The van der Waals surface area contributed by atoms with Crippen LogP contribution >= 0.6 is 15.9 Å². The lowest BCUT2D eigenvalue weighted by molar-refractivity contribution is 0.507. The van der Waals surface area contributed by atoms with Crippen LogP contribution in [0.15, 0.2) is 0 Å². The molecule has 1 fully saturated rings. The van der Waals surface area contributed by atoms with Gasteiger partial charge >= 0.3 is 0 Å². The van der Waals surface area contributed by atoms with E-state index in [1.165, 1.54) is 77.8 Å². The van der Waals surface area contributed by atoms with E-state index in [0.717, 1.165) is 13.9 Å². The molecule has 0 amide bonds. The Balaban J connectivity index is 1.95. The maximum atomic E-state index is 4.79. The maximum Gasteiger partial charge on any atom is 0.0554 e. The molecule has 0 radical (unpaired) electrons. The normalized spacial score (nSPS) is 21.9. The Labute approximate surface area is 109 Å². The lowest BCUT2D eigenvalue weighted by atomic mass is 9.92. The molecule has 0 aromatic carbocycles. The molecule has 0 bridgehead atoms. The van der Waals surface area contributed by atoms with Gasteiger partial charge in [0.05, 0.1) is 5.69 Å². The van der Waals surface area contributed by atoms with E-state index < -0.39 is 0 Å². The number of aryl methyl sites for hydroxylation is 1. The third-order valence-corrected chi connectivity index (χ3v) is 6.61. The fraction of sp³-hybridized carbons (Fsp3) is 0.857. The van der Waals surface area contributed by atoms with Gasteiger partial charge < -0.3 is 0 Å². The first-order valence-corrected chi connectivity index (χ1v) is 9.93. The Morgan fingerprint density at radius 3 is 1.94 bits per heavy atom. The van der Waals surface area contributed by atoms with E-state index in [1.807, 2.05) is 0 Å². The molecule has 3 heteroatoms. The summed E-state index contributed by atoms with van der Waals surface area (Å²) in [4.78, 5) is 0. The average Bonchev–Trinajstić information content (AvgIpc) is 2.72. The second kappa shape index (κ2) is 7.55. The highest BCUT2D eigenvalue weighted by Gasteiger charge is 2.16. The Bertz CT molecular complexity index is 310. The summed E-state index contributed by atoms with van der Waals surface area (Å²) < 4.78 is 4.79. The molecule has 17 heavy (non-hydrogen) atoms. The van der Waals surface area contributed by atoms with Crippen molar-refractivity contribution < 1.29 is 0 Å². The van der Waals surface area contributed by atoms with Crippen LogP contribution in [0.1, 0.15) is 81.1 Å². The number of aromatic nitrogens is 1. The van der Waals surface area contributed by atoms with Crippen LogP contribution in [0.4, 0.5) is 0 Å². The minimum atomic E-state index is 0.801. The minimum absolute atomic E-state index is 0.801. The molecule has 1 aromatic heterocycles. The first-order valence-electron chi connectivity index (χ1n) is 7.25. The molecule has 1 unspecified atom stereocenters. The Hall–Kier alpha value is 0.140. The van der Waals surface area contributed by atoms with Crippen LogP contribution in [0.25, 0.3) is 0 Å². The zero-order chi connectivity index (χ0) is 11.9. The smallest absolute Gasteiger partial charge is 0.0554 e. The first kappa shape index (κ1) is 13.6. The van der Waals surface area contributed by atoms with Crippen molar-refractivity contribution in [1.82, 2.24) is 4.75 Å². The predicted octanol–water partition coefficient (Wildman–Crippen LogP) is 6.00. The molecule has 1 atom stereocenters. The third-order valence-electron chi connectivity index (χ3n) is 4.00. The molecule has 1 aliphatic carbocycles. The highest BCUT2D eigenvalue weighted by atomic mass is 31.8. The van der Waals surface area contributed by atoms with Crippen molar-refractivity contribution in [3.63, 3.8) is 0 Å². The average molecular weight is 269 g/mol. The second-order valence-corrected chi connectivity index (χ2v) is 7.99. The minimum Gasteiger partial charge on any atom is -0.240 e. The lowest BCUT2D eigenvalue weighted by Gasteiger charge is -2.15. The summed E-state index contributed by atoms with van der Waals surface area (Å²) in [5.74, 6) is 0.801. The molecular formula is C14H25NP2. The molecule has 1 aromatic rings. The zero-order valence-corrected chi connectivity index (χ0v) is 12.9. The van der Waals surface area contributed by atoms with Gasteiger partial charge in [0.1, 0.15) is 0 Å². The highest BCUT2D eigenvalue weighted by Crippen LogP contribution is 2.36. The van der Waals surface area contributed by atoms with Gasteiger partial charge in [-0.05, 0) is 35.7 Å². The fourth-order valence-electron chi connectivity index (χ4n) is 2.94. The van der Waals surface area contributed by atoms with Gasteiger partial charge in [0.25, 0.3) is 0 Å². The molecule has 1 aliphatic rings. The summed E-state index contributed by atoms with van der Waals surface area (Å²) in [5.41, 5.74) is 1.50.